The van der Waals surface area contributed by atoms with Gasteiger partial charge in [-0.2, -0.15) is 0 Å². The van der Waals surface area contributed by atoms with E-state index in [-0.39, 0.29) is 18.1 Å². The van der Waals surface area contributed by atoms with E-state index in [9.17, 15) is 4.79 Å². The second kappa shape index (κ2) is 7.46. The number of carbonyl (C=O) groups excluding carboxylic acids is 1. The highest BCUT2D eigenvalue weighted by Gasteiger charge is 2.24. The molecular weight excluding hydrogens is 264 g/mol. The summed E-state index contributed by atoms with van der Waals surface area (Å²) in [6, 6.07) is 7.67. The van der Waals surface area contributed by atoms with Gasteiger partial charge in [-0.3, -0.25) is 4.79 Å². The van der Waals surface area contributed by atoms with E-state index in [0.29, 0.717) is 12.3 Å². The van der Waals surface area contributed by atoms with Crippen LogP contribution in [0.5, 0.6) is 5.75 Å². The summed E-state index contributed by atoms with van der Waals surface area (Å²) in [7, 11) is 0. The standard InChI is InChI=1S/C17H26N2O2/c1-12(2)21-15-9-7-14(8-10-15)19-17(20)11-13-5-3-4-6-16(13)18/h7-10,12-13,16H,3-6,11,18H2,1-2H3,(H,19,20). The third-order valence-corrected chi connectivity index (χ3v) is 3.93. The highest BCUT2D eigenvalue weighted by atomic mass is 16.5. The lowest BCUT2D eigenvalue weighted by Crippen LogP contribution is -2.35. The largest absolute Gasteiger partial charge is 0.491 e. The molecule has 0 bridgehead atoms. The van der Waals surface area contributed by atoms with Crippen molar-refractivity contribution < 1.29 is 9.53 Å². The number of nitrogens with one attached hydrogen (secondary N) is 1. The van der Waals surface area contributed by atoms with Gasteiger partial charge in [0, 0.05) is 18.2 Å². The quantitative estimate of drug-likeness (QED) is 0.874. The molecule has 4 heteroatoms. The molecule has 4 nitrogen and oxygen atoms in total. The Morgan fingerprint density at radius 3 is 2.57 bits per heavy atom. The van der Waals surface area contributed by atoms with Gasteiger partial charge in [-0.05, 0) is 56.9 Å². The minimum absolute atomic E-state index is 0.0508. The predicted molar refractivity (Wildman–Crippen MR) is 85.4 cm³/mol. The molecule has 0 spiro atoms. The van der Waals surface area contributed by atoms with Crippen molar-refractivity contribution in [1.82, 2.24) is 0 Å². The monoisotopic (exact) mass is 290 g/mol. The maximum Gasteiger partial charge on any atom is 0.224 e. The third-order valence-electron chi connectivity index (χ3n) is 3.93. The van der Waals surface area contributed by atoms with Crippen molar-refractivity contribution in [3.63, 3.8) is 0 Å². The van der Waals surface area contributed by atoms with E-state index >= 15 is 0 Å². The minimum Gasteiger partial charge on any atom is -0.491 e. The Morgan fingerprint density at radius 2 is 1.95 bits per heavy atom. The predicted octanol–water partition coefficient (Wildman–Crippen LogP) is 3.32. The molecule has 2 unspecified atom stereocenters. The number of rotatable bonds is 5. The molecule has 3 N–H and O–H groups in total. The van der Waals surface area contributed by atoms with Gasteiger partial charge < -0.3 is 15.8 Å². The van der Waals surface area contributed by atoms with Gasteiger partial charge in [-0.15, -0.1) is 0 Å². The van der Waals surface area contributed by atoms with Crippen molar-refractivity contribution in [1.29, 1.82) is 0 Å². The molecule has 1 aromatic rings. The van der Waals surface area contributed by atoms with Crippen LogP contribution in [-0.4, -0.2) is 18.1 Å². The van der Waals surface area contributed by atoms with Crippen molar-refractivity contribution in [2.75, 3.05) is 5.32 Å². The lowest BCUT2D eigenvalue weighted by atomic mass is 9.83. The van der Waals surface area contributed by atoms with E-state index in [1.165, 1.54) is 12.8 Å². The minimum atomic E-state index is 0.0508. The summed E-state index contributed by atoms with van der Waals surface area (Å²) >= 11 is 0. The molecule has 116 valence electrons. The van der Waals surface area contributed by atoms with Crippen LogP contribution in [0.1, 0.15) is 46.0 Å². The number of hydrogen-bond acceptors (Lipinski definition) is 3. The molecule has 1 aliphatic carbocycles. The fourth-order valence-corrected chi connectivity index (χ4v) is 2.83. The van der Waals surface area contributed by atoms with Crippen LogP contribution in [0.2, 0.25) is 0 Å². The van der Waals surface area contributed by atoms with Gasteiger partial charge in [0.25, 0.3) is 0 Å². The number of carbonyl (C=O) groups is 1. The van der Waals surface area contributed by atoms with Crippen LogP contribution in [-0.2, 0) is 4.79 Å². The van der Waals surface area contributed by atoms with Gasteiger partial charge in [0.15, 0.2) is 0 Å². The Labute approximate surface area is 127 Å². The number of amides is 1. The lowest BCUT2D eigenvalue weighted by molar-refractivity contribution is -0.117. The van der Waals surface area contributed by atoms with Crippen LogP contribution < -0.4 is 15.8 Å². The summed E-state index contributed by atoms with van der Waals surface area (Å²) in [5.41, 5.74) is 6.90. The molecule has 1 aromatic carbocycles. The average Bonchev–Trinajstić information content (AvgIpc) is 2.43. The fourth-order valence-electron chi connectivity index (χ4n) is 2.83. The normalized spacial score (nSPS) is 22.1. The van der Waals surface area contributed by atoms with E-state index in [1.807, 2.05) is 38.1 Å². The van der Waals surface area contributed by atoms with Gasteiger partial charge in [0.2, 0.25) is 5.91 Å². The van der Waals surface area contributed by atoms with Crippen LogP contribution in [0, 0.1) is 5.92 Å². The van der Waals surface area contributed by atoms with E-state index < -0.39 is 0 Å². The second-order valence-electron chi connectivity index (χ2n) is 6.15. The second-order valence-corrected chi connectivity index (χ2v) is 6.15. The van der Waals surface area contributed by atoms with Crippen molar-refractivity contribution in [2.45, 2.75) is 58.1 Å². The molecule has 1 amide bonds. The highest BCUT2D eigenvalue weighted by Crippen LogP contribution is 2.26. The lowest BCUT2D eigenvalue weighted by Gasteiger charge is -2.27. The molecule has 0 aromatic heterocycles. The molecule has 2 rings (SSSR count). The van der Waals surface area contributed by atoms with E-state index in [1.54, 1.807) is 0 Å². The Morgan fingerprint density at radius 1 is 1.29 bits per heavy atom. The average molecular weight is 290 g/mol. The Balaban J connectivity index is 1.84. The zero-order valence-electron chi connectivity index (χ0n) is 13.0. The molecule has 1 fully saturated rings. The SMILES string of the molecule is CC(C)Oc1ccc(NC(=O)CC2CCCCC2N)cc1. The summed E-state index contributed by atoms with van der Waals surface area (Å²) in [4.78, 5) is 12.1. The summed E-state index contributed by atoms with van der Waals surface area (Å²) in [6.07, 6.45) is 5.15. The summed E-state index contributed by atoms with van der Waals surface area (Å²) in [6.45, 7) is 3.98. The first-order valence-corrected chi connectivity index (χ1v) is 7.86. The third kappa shape index (κ3) is 5.05. The van der Waals surface area contributed by atoms with E-state index in [2.05, 4.69) is 5.32 Å². The first-order chi connectivity index (χ1) is 10.0. The van der Waals surface area contributed by atoms with Crippen LogP contribution >= 0.6 is 0 Å². The van der Waals surface area contributed by atoms with E-state index in [4.69, 9.17) is 10.5 Å². The van der Waals surface area contributed by atoms with Crippen LogP contribution in [0.3, 0.4) is 0 Å². The topological polar surface area (TPSA) is 64.3 Å². The smallest absolute Gasteiger partial charge is 0.224 e. The van der Waals surface area contributed by atoms with Gasteiger partial charge in [0.1, 0.15) is 5.75 Å². The van der Waals surface area contributed by atoms with Crippen LogP contribution in [0.25, 0.3) is 0 Å². The molecule has 2 atom stereocenters. The number of benzene rings is 1. The van der Waals surface area contributed by atoms with E-state index in [0.717, 1.165) is 24.3 Å². The van der Waals surface area contributed by atoms with Crippen molar-refractivity contribution in [2.24, 2.45) is 11.7 Å². The Hall–Kier alpha value is -1.55. The van der Waals surface area contributed by atoms with Crippen LogP contribution in [0.15, 0.2) is 24.3 Å². The molecule has 1 aliphatic rings. The summed E-state index contributed by atoms with van der Waals surface area (Å²) in [5.74, 6) is 1.19. The Bertz CT molecular complexity index is 456. The first kappa shape index (κ1) is 15.8. The molecule has 0 radical (unpaired) electrons. The zero-order chi connectivity index (χ0) is 15.2. The van der Waals surface area contributed by atoms with Gasteiger partial charge >= 0.3 is 0 Å². The summed E-state index contributed by atoms with van der Waals surface area (Å²) < 4.78 is 5.58. The Kier molecular flexibility index (Phi) is 5.62. The zero-order valence-corrected chi connectivity index (χ0v) is 13.0. The van der Waals surface area contributed by atoms with Crippen molar-refractivity contribution in [3.8, 4) is 5.75 Å². The molecular formula is C17H26N2O2. The number of anilines is 1. The number of ether oxygens (including phenoxy) is 1. The maximum absolute atomic E-state index is 12.1. The summed E-state index contributed by atoms with van der Waals surface area (Å²) in [5, 5.41) is 2.94. The maximum atomic E-state index is 12.1. The highest BCUT2D eigenvalue weighted by molar-refractivity contribution is 5.90. The van der Waals surface area contributed by atoms with Crippen molar-refractivity contribution in [3.05, 3.63) is 24.3 Å². The van der Waals surface area contributed by atoms with Gasteiger partial charge in [-0.1, -0.05) is 12.8 Å². The molecule has 0 heterocycles. The molecule has 0 saturated heterocycles. The van der Waals surface area contributed by atoms with Crippen molar-refractivity contribution >= 4 is 11.6 Å². The number of hydrogen-bond donors (Lipinski definition) is 2. The molecule has 1 saturated carbocycles. The number of nitrogens with two attached hydrogens (primary N) is 1. The first-order valence-electron chi connectivity index (χ1n) is 7.86. The van der Waals surface area contributed by atoms with Crippen LogP contribution in [0.4, 0.5) is 5.69 Å². The van der Waals surface area contributed by atoms with Gasteiger partial charge in [0.05, 0.1) is 6.10 Å². The molecule has 21 heavy (non-hydrogen) atoms. The van der Waals surface area contributed by atoms with Gasteiger partial charge in [-0.25, -0.2) is 0 Å². The fraction of sp³-hybridized carbons (Fsp3) is 0.588. The molecule has 0 aliphatic heterocycles.